The molecule has 2 aliphatic heterocycles. The molecule has 0 aromatic rings. The summed E-state index contributed by atoms with van der Waals surface area (Å²) >= 11 is 0. The Kier molecular flexibility index (Phi) is 7.25. The van der Waals surface area contributed by atoms with Crippen LogP contribution in [0.1, 0.15) is 19.3 Å². The number of hydrogen-bond acceptors (Lipinski definition) is 3. The summed E-state index contributed by atoms with van der Waals surface area (Å²) in [4.78, 5) is 5.33. The second-order valence-electron chi connectivity index (χ2n) is 5.80. The Balaban J connectivity index is 0.000000810. The van der Waals surface area contributed by atoms with Crippen LogP contribution in [0.4, 0.5) is 0 Å². The van der Waals surface area contributed by atoms with Crippen LogP contribution in [0.5, 0.6) is 0 Å². The lowest BCUT2D eigenvalue weighted by molar-refractivity contribution is 0.199. The number of hydrogen-bond donors (Lipinski definition) is 1. The number of fused-ring (bicyclic) bond motifs is 1. The van der Waals surface area contributed by atoms with Crippen molar-refractivity contribution >= 4 is 24.8 Å². The van der Waals surface area contributed by atoms with Gasteiger partial charge in [0, 0.05) is 52.4 Å². The topological polar surface area (TPSA) is 18.5 Å². The van der Waals surface area contributed by atoms with Crippen molar-refractivity contribution in [3.8, 4) is 0 Å². The molecule has 2 atom stereocenters. The average Bonchev–Trinajstić information content (AvgIpc) is 2.88. The van der Waals surface area contributed by atoms with Crippen LogP contribution in [0.2, 0.25) is 0 Å². The van der Waals surface area contributed by atoms with E-state index in [1.54, 1.807) is 0 Å². The summed E-state index contributed by atoms with van der Waals surface area (Å²) in [6, 6.07) is 0. The van der Waals surface area contributed by atoms with Crippen LogP contribution in [0, 0.1) is 11.8 Å². The minimum atomic E-state index is 0. The smallest absolute Gasteiger partial charge is 0.0110 e. The lowest BCUT2D eigenvalue weighted by Crippen LogP contribution is -2.46. The van der Waals surface area contributed by atoms with E-state index in [1.807, 2.05) is 0 Å². The number of piperazine rings is 1. The van der Waals surface area contributed by atoms with E-state index in [9.17, 15) is 0 Å². The highest BCUT2D eigenvalue weighted by molar-refractivity contribution is 5.85. The van der Waals surface area contributed by atoms with Crippen molar-refractivity contribution in [1.82, 2.24) is 15.1 Å². The maximum absolute atomic E-state index is 3.42. The monoisotopic (exact) mass is 295 g/mol. The van der Waals surface area contributed by atoms with Crippen LogP contribution in [-0.4, -0.2) is 62.2 Å². The van der Waals surface area contributed by atoms with Crippen molar-refractivity contribution < 1.29 is 0 Å². The summed E-state index contributed by atoms with van der Waals surface area (Å²) < 4.78 is 0. The molecule has 18 heavy (non-hydrogen) atoms. The van der Waals surface area contributed by atoms with Gasteiger partial charge in [0.2, 0.25) is 0 Å². The van der Waals surface area contributed by atoms with E-state index < -0.39 is 0 Å². The van der Waals surface area contributed by atoms with Gasteiger partial charge in [-0.15, -0.1) is 24.8 Å². The maximum Gasteiger partial charge on any atom is 0.0110 e. The van der Waals surface area contributed by atoms with Gasteiger partial charge in [0.05, 0.1) is 0 Å². The molecule has 1 N–H and O–H groups in total. The molecule has 3 rings (SSSR count). The standard InChI is InChI=1S/C13H25N3.2ClH/c1-2-12-10-16(11-13(12)3-1)9-8-15-6-4-14-5-7-15;;/h12-14H,1-11H2;2*1H. The fraction of sp³-hybridized carbons (Fsp3) is 1.00. The molecule has 3 aliphatic rings. The molecule has 2 saturated heterocycles. The maximum atomic E-state index is 3.42. The van der Waals surface area contributed by atoms with Crippen molar-refractivity contribution in [2.75, 3.05) is 52.4 Å². The molecule has 0 bridgehead atoms. The summed E-state index contributed by atoms with van der Waals surface area (Å²) in [5, 5.41) is 3.42. The van der Waals surface area contributed by atoms with Crippen molar-refractivity contribution in [3.63, 3.8) is 0 Å². The molecule has 0 radical (unpaired) electrons. The van der Waals surface area contributed by atoms with E-state index in [-0.39, 0.29) is 24.8 Å². The third kappa shape index (κ3) is 3.97. The SMILES string of the molecule is C1CC2CN(CCN3CCNCC3)CC2C1.Cl.Cl. The first-order chi connectivity index (χ1) is 7.92. The molecule has 5 heteroatoms. The summed E-state index contributed by atoms with van der Waals surface area (Å²) in [7, 11) is 0. The van der Waals surface area contributed by atoms with Gasteiger partial charge >= 0.3 is 0 Å². The lowest BCUT2D eigenvalue weighted by Gasteiger charge is -2.29. The van der Waals surface area contributed by atoms with E-state index >= 15 is 0 Å². The van der Waals surface area contributed by atoms with Crippen molar-refractivity contribution in [3.05, 3.63) is 0 Å². The lowest BCUT2D eigenvalue weighted by atomic mass is 10.0. The number of nitrogens with one attached hydrogen (secondary N) is 1. The quantitative estimate of drug-likeness (QED) is 0.851. The zero-order valence-corrected chi connectivity index (χ0v) is 12.8. The molecule has 0 spiro atoms. The molecule has 2 heterocycles. The third-order valence-electron chi connectivity index (χ3n) is 4.74. The molecule has 2 unspecified atom stereocenters. The fourth-order valence-electron chi connectivity index (χ4n) is 3.73. The Bertz CT molecular complexity index is 222. The van der Waals surface area contributed by atoms with Crippen LogP contribution >= 0.6 is 24.8 Å². The molecular weight excluding hydrogens is 269 g/mol. The normalized spacial score (nSPS) is 32.7. The van der Waals surface area contributed by atoms with E-state index in [4.69, 9.17) is 0 Å². The predicted molar refractivity (Wildman–Crippen MR) is 81.1 cm³/mol. The van der Waals surface area contributed by atoms with Gasteiger partial charge in [-0.3, -0.25) is 4.90 Å². The first-order valence-corrected chi connectivity index (χ1v) is 7.07. The van der Waals surface area contributed by atoms with Crippen LogP contribution in [0.15, 0.2) is 0 Å². The van der Waals surface area contributed by atoms with Crippen molar-refractivity contribution in [2.24, 2.45) is 11.8 Å². The highest BCUT2D eigenvalue weighted by Crippen LogP contribution is 2.37. The minimum absolute atomic E-state index is 0. The molecule has 0 aromatic heterocycles. The molecule has 3 fully saturated rings. The molecule has 1 aliphatic carbocycles. The molecule has 3 nitrogen and oxygen atoms in total. The zero-order valence-electron chi connectivity index (χ0n) is 11.1. The van der Waals surface area contributed by atoms with Gasteiger partial charge in [-0.05, 0) is 24.7 Å². The van der Waals surface area contributed by atoms with E-state index in [0.717, 1.165) is 11.8 Å². The molecule has 0 aromatic carbocycles. The molecule has 108 valence electrons. The van der Waals surface area contributed by atoms with Crippen LogP contribution in [0.3, 0.4) is 0 Å². The third-order valence-corrected chi connectivity index (χ3v) is 4.74. The molecule has 1 saturated carbocycles. The number of likely N-dealkylation sites (tertiary alicyclic amines) is 1. The second kappa shape index (κ2) is 7.91. The van der Waals surface area contributed by atoms with Gasteiger partial charge in [-0.1, -0.05) is 6.42 Å². The molecular formula is C13H27Cl2N3. The summed E-state index contributed by atoms with van der Waals surface area (Å²) in [6.07, 6.45) is 4.52. The van der Waals surface area contributed by atoms with Gasteiger partial charge in [0.1, 0.15) is 0 Å². The van der Waals surface area contributed by atoms with Crippen LogP contribution < -0.4 is 5.32 Å². The van der Waals surface area contributed by atoms with Crippen molar-refractivity contribution in [2.45, 2.75) is 19.3 Å². The highest BCUT2D eigenvalue weighted by atomic mass is 35.5. The highest BCUT2D eigenvalue weighted by Gasteiger charge is 2.35. The van der Waals surface area contributed by atoms with Gasteiger partial charge in [-0.2, -0.15) is 0 Å². The first-order valence-electron chi connectivity index (χ1n) is 7.07. The Morgan fingerprint density at radius 3 is 2.00 bits per heavy atom. The Morgan fingerprint density at radius 2 is 1.39 bits per heavy atom. The fourth-order valence-corrected chi connectivity index (χ4v) is 3.73. The van der Waals surface area contributed by atoms with E-state index in [1.165, 1.54) is 71.6 Å². The van der Waals surface area contributed by atoms with Gasteiger partial charge in [0.25, 0.3) is 0 Å². The average molecular weight is 296 g/mol. The van der Waals surface area contributed by atoms with Crippen LogP contribution in [0.25, 0.3) is 0 Å². The largest absolute Gasteiger partial charge is 0.314 e. The van der Waals surface area contributed by atoms with Crippen molar-refractivity contribution in [1.29, 1.82) is 0 Å². The van der Waals surface area contributed by atoms with E-state index in [0.29, 0.717) is 0 Å². The summed E-state index contributed by atoms with van der Waals surface area (Å²) in [5.41, 5.74) is 0. The Hall–Kier alpha value is 0.460. The number of nitrogens with zero attached hydrogens (tertiary/aromatic N) is 2. The second-order valence-corrected chi connectivity index (χ2v) is 5.80. The molecule has 0 amide bonds. The van der Waals surface area contributed by atoms with Crippen LogP contribution in [-0.2, 0) is 0 Å². The summed E-state index contributed by atoms with van der Waals surface area (Å²) in [5.74, 6) is 2.12. The summed E-state index contributed by atoms with van der Waals surface area (Å²) in [6.45, 7) is 10.3. The van der Waals surface area contributed by atoms with Gasteiger partial charge < -0.3 is 10.2 Å². The predicted octanol–water partition coefficient (Wildman–Crippen LogP) is 1.47. The number of rotatable bonds is 3. The van der Waals surface area contributed by atoms with Gasteiger partial charge in [-0.25, -0.2) is 0 Å². The minimum Gasteiger partial charge on any atom is -0.314 e. The Labute approximate surface area is 123 Å². The van der Waals surface area contributed by atoms with Gasteiger partial charge in [0.15, 0.2) is 0 Å². The Morgan fingerprint density at radius 1 is 0.833 bits per heavy atom. The van der Waals surface area contributed by atoms with E-state index in [2.05, 4.69) is 15.1 Å². The zero-order chi connectivity index (χ0) is 10.8. The number of halogens is 2. The first kappa shape index (κ1) is 16.5.